The smallest absolute Gasteiger partial charge is 0.269 e. The average Bonchev–Trinajstić information content (AvgIpc) is 2.72. The van der Waals surface area contributed by atoms with Gasteiger partial charge < -0.3 is 5.32 Å². The highest BCUT2D eigenvalue weighted by atomic mass is 35.5. The number of hydrogen-bond donors (Lipinski definition) is 1. The van der Waals surface area contributed by atoms with Gasteiger partial charge in [0.2, 0.25) is 5.91 Å². The average molecular weight is 415 g/mol. The summed E-state index contributed by atoms with van der Waals surface area (Å²) < 4.78 is 0. The summed E-state index contributed by atoms with van der Waals surface area (Å²) in [6, 6.07) is 16.9. The van der Waals surface area contributed by atoms with Crippen LogP contribution in [0.1, 0.15) is 5.56 Å². The Hall–Kier alpha value is -2.97. The number of halogens is 1. The zero-order valence-electron chi connectivity index (χ0n) is 14.5. The van der Waals surface area contributed by atoms with Gasteiger partial charge in [0.25, 0.3) is 5.69 Å². The fourth-order valence-electron chi connectivity index (χ4n) is 2.30. The van der Waals surface area contributed by atoms with Gasteiger partial charge in [-0.05, 0) is 42.0 Å². The highest BCUT2D eigenvalue weighted by molar-refractivity contribution is 7.99. The third-order valence-electron chi connectivity index (χ3n) is 3.77. The SMILES string of the molecule is O=C(CSc1ccc(-c2ccc([N+](=O)[O-])cc2)nn1)NCc1ccc(Cl)cc1. The van der Waals surface area contributed by atoms with Crippen LogP contribution in [0.4, 0.5) is 5.69 Å². The van der Waals surface area contributed by atoms with Gasteiger partial charge in [-0.3, -0.25) is 14.9 Å². The second-order valence-electron chi connectivity index (χ2n) is 5.75. The lowest BCUT2D eigenvalue weighted by Gasteiger charge is -2.05. The number of carbonyl (C=O) groups is 1. The van der Waals surface area contributed by atoms with E-state index in [0.717, 1.165) is 11.1 Å². The lowest BCUT2D eigenvalue weighted by Crippen LogP contribution is -2.24. The Morgan fingerprint density at radius 2 is 1.75 bits per heavy atom. The molecule has 0 aliphatic rings. The Bertz CT molecular complexity index is 964. The molecular formula is C19H15ClN4O3S. The topological polar surface area (TPSA) is 98.0 Å². The zero-order valence-corrected chi connectivity index (χ0v) is 16.1. The molecule has 0 radical (unpaired) electrons. The molecule has 0 unspecified atom stereocenters. The third-order valence-corrected chi connectivity index (χ3v) is 4.94. The molecule has 0 fully saturated rings. The van der Waals surface area contributed by atoms with Gasteiger partial charge in [0, 0.05) is 29.3 Å². The van der Waals surface area contributed by atoms with Crippen LogP contribution < -0.4 is 5.32 Å². The molecule has 0 saturated carbocycles. The van der Waals surface area contributed by atoms with Crippen LogP contribution in [-0.4, -0.2) is 26.8 Å². The van der Waals surface area contributed by atoms with Gasteiger partial charge in [0.1, 0.15) is 5.03 Å². The number of rotatable bonds is 7. The first kappa shape index (κ1) is 19.8. The summed E-state index contributed by atoms with van der Waals surface area (Å²) in [5.74, 6) is 0.111. The van der Waals surface area contributed by atoms with Crippen molar-refractivity contribution in [2.24, 2.45) is 0 Å². The number of non-ortho nitro benzene ring substituents is 1. The number of nitrogens with one attached hydrogen (secondary N) is 1. The fourth-order valence-corrected chi connectivity index (χ4v) is 3.07. The molecule has 0 aliphatic carbocycles. The van der Waals surface area contributed by atoms with Crippen molar-refractivity contribution in [1.29, 1.82) is 0 Å². The quantitative estimate of drug-likeness (QED) is 0.355. The molecule has 0 spiro atoms. The van der Waals surface area contributed by atoms with E-state index in [0.29, 0.717) is 22.3 Å². The molecule has 142 valence electrons. The number of nitrogens with zero attached hydrogens (tertiary/aromatic N) is 3. The minimum Gasteiger partial charge on any atom is -0.351 e. The van der Waals surface area contributed by atoms with E-state index in [1.807, 2.05) is 12.1 Å². The first-order valence-corrected chi connectivity index (χ1v) is 9.60. The summed E-state index contributed by atoms with van der Waals surface area (Å²) in [5.41, 5.74) is 2.32. The van der Waals surface area contributed by atoms with Crippen LogP contribution in [-0.2, 0) is 11.3 Å². The van der Waals surface area contributed by atoms with Crippen LogP contribution in [0.5, 0.6) is 0 Å². The summed E-state index contributed by atoms with van der Waals surface area (Å²) in [5, 5.41) is 23.0. The summed E-state index contributed by atoms with van der Waals surface area (Å²) in [6.07, 6.45) is 0. The van der Waals surface area contributed by atoms with Gasteiger partial charge in [-0.15, -0.1) is 10.2 Å². The molecule has 3 aromatic rings. The number of aromatic nitrogens is 2. The van der Waals surface area contributed by atoms with Gasteiger partial charge in [0.15, 0.2) is 0 Å². The van der Waals surface area contributed by atoms with Crippen LogP contribution in [0.3, 0.4) is 0 Å². The Kier molecular flexibility index (Phi) is 6.57. The molecule has 1 aromatic heterocycles. The zero-order chi connectivity index (χ0) is 19.9. The number of thioether (sulfide) groups is 1. The molecule has 1 N–H and O–H groups in total. The lowest BCUT2D eigenvalue weighted by molar-refractivity contribution is -0.384. The molecule has 0 saturated heterocycles. The maximum atomic E-state index is 12.0. The predicted octanol–water partition coefficient (Wildman–Crippen LogP) is 4.11. The molecular weight excluding hydrogens is 400 g/mol. The number of nitro benzene ring substituents is 1. The minimum absolute atomic E-state index is 0.0218. The Balaban J connectivity index is 1.50. The molecule has 1 amide bonds. The number of amides is 1. The predicted molar refractivity (Wildman–Crippen MR) is 108 cm³/mol. The summed E-state index contributed by atoms with van der Waals surface area (Å²) >= 11 is 7.11. The second-order valence-corrected chi connectivity index (χ2v) is 7.18. The lowest BCUT2D eigenvalue weighted by atomic mass is 10.1. The Labute approximate surface area is 170 Å². The molecule has 0 atom stereocenters. The molecule has 2 aromatic carbocycles. The van der Waals surface area contributed by atoms with E-state index in [2.05, 4.69) is 15.5 Å². The van der Waals surface area contributed by atoms with Crippen molar-refractivity contribution in [3.63, 3.8) is 0 Å². The standard InChI is InChI=1S/C19H15ClN4O3S/c20-15-5-1-13(2-6-15)11-21-18(25)12-28-19-10-9-17(22-23-19)14-3-7-16(8-4-14)24(26)27/h1-10H,11-12H2,(H,21,25). The van der Waals surface area contributed by atoms with Crippen LogP contribution in [0, 0.1) is 10.1 Å². The first-order valence-electron chi connectivity index (χ1n) is 8.24. The van der Waals surface area contributed by atoms with Crippen LogP contribution in [0.25, 0.3) is 11.3 Å². The van der Waals surface area contributed by atoms with Crippen molar-refractivity contribution >= 4 is 35.0 Å². The minimum atomic E-state index is -0.451. The number of carbonyl (C=O) groups excluding carboxylic acids is 1. The van der Waals surface area contributed by atoms with E-state index in [-0.39, 0.29) is 17.3 Å². The summed E-state index contributed by atoms with van der Waals surface area (Å²) in [4.78, 5) is 22.2. The van der Waals surface area contributed by atoms with Crippen LogP contribution in [0.15, 0.2) is 65.7 Å². The van der Waals surface area contributed by atoms with Crippen molar-refractivity contribution in [3.05, 3.63) is 81.4 Å². The van der Waals surface area contributed by atoms with Gasteiger partial charge >= 0.3 is 0 Å². The second kappa shape index (κ2) is 9.29. The van der Waals surface area contributed by atoms with Gasteiger partial charge in [0.05, 0.1) is 16.4 Å². The molecule has 0 aliphatic heterocycles. The molecule has 7 nitrogen and oxygen atoms in total. The molecule has 3 rings (SSSR count). The van der Waals surface area contributed by atoms with E-state index in [4.69, 9.17) is 11.6 Å². The molecule has 9 heteroatoms. The maximum Gasteiger partial charge on any atom is 0.269 e. The number of hydrogen-bond acceptors (Lipinski definition) is 6. The highest BCUT2D eigenvalue weighted by Gasteiger charge is 2.08. The van der Waals surface area contributed by atoms with Crippen molar-refractivity contribution in [2.75, 3.05) is 5.75 Å². The monoisotopic (exact) mass is 414 g/mol. The summed E-state index contributed by atoms with van der Waals surface area (Å²) in [6.45, 7) is 0.432. The largest absolute Gasteiger partial charge is 0.351 e. The molecule has 1 heterocycles. The van der Waals surface area contributed by atoms with Crippen molar-refractivity contribution in [1.82, 2.24) is 15.5 Å². The van der Waals surface area contributed by atoms with Crippen molar-refractivity contribution < 1.29 is 9.72 Å². The normalized spacial score (nSPS) is 10.5. The number of nitro groups is 1. The van der Waals surface area contributed by atoms with Crippen LogP contribution in [0.2, 0.25) is 5.02 Å². The van der Waals surface area contributed by atoms with E-state index in [1.165, 1.54) is 23.9 Å². The highest BCUT2D eigenvalue weighted by Crippen LogP contribution is 2.22. The number of benzene rings is 2. The van der Waals surface area contributed by atoms with E-state index in [1.54, 1.807) is 36.4 Å². The van der Waals surface area contributed by atoms with E-state index >= 15 is 0 Å². The summed E-state index contributed by atoms with van der Waals surface area (Å²) in [7, 11) is 0. The van der Waals surface area contributed by atoms with E-state index in [9.17, 15) is 14.9 Å². The van der Waals surface area contributed by atoms with Crippen molar-refractivity contribution in [2.45, 2.75) is 11.6 Å². The van der Waals surface area contributed by atoms with Gasteiger partial charge in [-0.1, -0.05) is 35.5 Å². The van der Waals surface area contributed by atoms with Crippen LogP contribution >= 0.6 is 23.4 Å². The Morgan fingerprint density at radius 1 is 1.04 bits per heavy atom. The fraction of sp³-hybridized carbons (Fsp3) is 0.105. The third kappa shape index (κ3) is 5.51. The van der Waals surface area contributed by atoms with Gasteiger partial charge in [-0.2, -0.15) is 0 Å². The van der Waals surface area contributed by atoms with E-state index < -0.39 is 4.92 Å². The van der Waals surface area contributed by atoms with Gasteiger partial charge in [-0.25, -0.2) is 0 Å². The Morgan fingerprint density at radius 3 is 2.36 bits per heavy atom. The molecule has 0 bridgehead atoms. The van der Waals surface area contributed by atoms with Crippen molar-refractivity contribution in [3.8, 4) is 11.3 Å². The maximum absolute atomic E-state index is 12.0. The first-order chi connectivity index (χ1) is 13.5. The molecule has 28 heavy (non-hydrogen) atoms.